The number of likely N-dealkylation sites (tertiary alicyclic amines) is 1. The highest BCUT2D eigenvalue weighted by Crippen LogP contribution is 2.24. The number of aryl methyl sites for hydroxylation is 1. The van der Waals surface area contributed by atoms with Gasteiger partial charge in [-0.2, -0.15) is 0 Å². The maximum absolute atomic E-state index is 3.69. The van der Waals surface area contributed by atoms with Crippen molar-refractivity contribution in [2.24, 2.45) is 5.92 Å². The van der Waals surface area contributed by atoms with Crippen molar-refractivity contribution in [1.29, 1.82) is 0 Å². The Morgan fingerprint density at radius 1 is 1.37 bits per heavy atom. The zero-order chi connectivity index (χ0) is 13.8. The van der Waals surface area contributed by atoms with E-state index in [0.29, 0.717) is 6.04 Å². The van der Waals surface area contributed by atoms with Crippen LogP contribution >= 0.6 is 22.6 Å². The molecule has 0 saturated carbocycles. The van der Waals surface area contributed by atoms with Gasteiger partial charge in [-0.05, 0) is 92.5 Å². The molecule has 2 rings (SSSR count). The summed E-state index contributed by atoms with van der Waals surface area (Å²) in [4.78, 5) is 2.55. The van der Waals surface area contributed by atoms with Gasteiger partial charge in [-0.3, -0.25) is 0 Å². The molecule has 1 aromatic rings. The average Bonchev–Trinajstić information content (AvgIpc) is 2.43. The molecule has 1 heterocycles. The minimum atomic E-state index is 0.567. The lowest BCUT2D eigenvalue weighted by molar-refractivity contribution is 0.183. The first-order valence-corrected chi connectivity index (χ1v) is 8.43. The summed E-state index contributed by atoms with van der Waals surface area (Å²) in [6.45, 7) is 10.5. The molecule has 1 unspecified atom stereocenters. The van der Waals surface area contributed by atoms with Crippen molar-refractivity contribution in [3.63, 3.8) is 0 Å². The van der Waals surface area contributed by atoms with Crippen LogP contribution in [0.2, 0.25) is 0 Å². The Morgan fingerprint density at radius 3 is 2.63 bits per heavy atom. The fraction of sp³-hybridized carbons (Fsp3) is 0.625. The van der Waals surface area contributed by atoms with Gasteiger partial charge in [-0.25, -0.2) is 0 Å². The minimum Gasteiger partial charge on any atom is -0.382 e. The second-order valence-corrected chi connectivity index (χ2v) is 6.83. The molecule has 106 valence electrons. The van der Waals surface area contributed by atoms with Gasteiger partial charge >= 0.3 is 0 Å². The van der Waals surface area contributed by atoms with Crippen LogP contribution in [0.1, 0.15) is 32.3 Å². The molecule has 1 aliphatic rings. The van der Waals surface area contributed by atoms with Gasteiger partial charge in [0.25, 0.3) is 0 Å². The predicted octanol–water partition coefficient (Wildman–Crippen LogP) is 4.13. The van der Waals surface area contributed by atoms with Gasteiger partial charge < -0.3 is 10.2 Å². The molecule has 2 nitrogen and oxygen atoms in total. The smallest absolute Gasteiger partial charge is 0.0353 e. The Balaban J connectivity index is 1.90. The molecule has 0 spiro atoms. The van der Waals surface area contributed by atoms with Crippen LogP contribution in [0.5, 0.6) is 0 Å². The molecule has 1 aliphatic heterocycles. The fourth-order valence-corrected chi connectivity index (χ4v) is 3.35. The van der Waals surface area contributed by atoms with Crippen LogP contribution in [0.15, 0.2) is 18.2 Å². The van der Waals surface area contributed by atoms with Gasteiger partial charge in [0.15, 0.2) is 0 Å². The number of halogens is 1. The van der Waals surface area contributed by atoms with E-state index in [0.717, 1.165) is 5.92 Å². The zero-order valence-electron chi connectivity index (χ0n) is 12.2. The monoisotopic (exact) mass is 372 g/mol. The SMILES string of the molecule is CCN1CCC(C(C)Nc2ccc(C)c(I)c2)CC1. The summed E-state index contributed by atoms with van der Waals surface area (Å²) in [7, 11) is 0. The highest BCUT2D eigenvalue weighted by molar-refractivity contribution is 14.1. The third-order valence-corrected chi connectivity index (χ3v) is 5.51. The molecule has 1 N–H and O–H groups in total. The number of nitrogens with zero attached hydrogens (tertiary/aromatic N) is 1. The largest absolute Gasteiger partial charge is 0.382 e. The number of benzene rings is 1. The summed E-state index contributed by atoms with van der Waals surface area (Å²) in [5.74, 6) is 0.807. The number of hydrogen-bond acceptors (Lipinski definition) is 2. The van der Waals surface area contributed by atoms with E-state index in [2.05, 4.69) is 71.8 Å². The molecule has 0 bridgehead atoms. The van der Waals surface area contributed by atoms with E-state index in [4.69, 9.17) is 0 Å². The van der Waals surface area contributed by atoms with Gasteiger partial charge in [-0.15, -0.1) is 0 Å². The van der Waals surface area contributed by atoms with Gasteiger partial charge in [0.1, 0.15) is 0 Å². The lowest BCUT2D eigenvalue weighted by Gasteiger charge is -2.35. The van der Waals surface area contributed by atoms with E-state index in [-0.39, 0.29) is 0 Å². The summed E-state index contributed by atoms with van der Waals surface area (Å²) in [5, 5.41) is 3.69. The molecule has 3 heteroatoms. The van der Waals surface area contributed by atoms with Gasteiger partial charge in [0.05, 0.1) is 0 Å². The van der Waals surface area contributed by atoms with Gasteiger partial charge in [0.2, 0.25) is 0 Å². The summed E-state index contributed by atoms with van der Waals surface area (Å²) >= 11 is 2.41. The first-order valence-electron chi connectivity index (χ1n) is 7.35. The molecule has 0 aromatic heterocycles. The minimum absolute atomic E-state index is 0.567. The van der Waals surface area contributed by atoms with Crippen LogP contribution in [-0.4, -0.2) is 30.6 Å². The predicted molar refractivity (Wildman–Crippen MR) is 91.8 cm³/mol. The quantitative estimate of drug-likeness (QED) is 0.800. The molecule has 0 amide bonds. The normalized spacial score (nSPS) is 19.4. The molecular weight excluding hydrogens is 347 g/mol. The molecule has 1 saturated heterocycles. The lowest BCUT2D eigenvalue weighted by Crippen LogP contribution is -2.39. The Labute approximate surface area is 131 Å². The highest BCUT2D eigenvalue weighted by Gasteiger charge is 2.23. The maximum atomic E-state index is 3.69. The van der Waals surface area contributed by atoms with Gasteiger partial charge in [-0.1, -0.05) is 13.0 Å². The van der Waals surface area contributed by atoms with Crippen molar-refractivity contribution < 1.29 is 0 Å². The van der Waals surface area contributed by atoms with E-state index in [1.54, 1.807) is 0 Å². The Bertz CT molecular complexity index is 411. The Morgan fingerprint density at radius 2 is 2.05 bits per heavy atom. The summed E-state index contributed by atoms with van der Waals surface area (Å²) in [5.41, 5.74) is 2.62. The number of anilines is 1. The Hall–Kier alpha value is -0.290. The van der Waals surface area contributed by atoms with Crippen molar-refractivity contribution in [2.45, 2.75) is 39.7 Å². The zero-order valence-corrected chi connectivity index (χ0v) is 14.4. The third kappa shape index (κ3) is 4.09. The molecule has 1 atom stereocenters. The molecular formula is C16H25IN2. The summed E-state index contributed by atoms with van der Waals surface area (Å²) in [6.07, 6.45) is 2.65. The van der Waals surface area contributed by atoms with E-state index in [9.17, 15) is 0 Å². The van der Waals surface area contributed by atoms with E-state index >= 15 is 0 Å². The molecule has 1 aromatic carbocycles. The van der Waals surface area contributed by atoms with Crippen LogP contribution in [0.25, 0.3) is 0 Å². The van der Waals surface area contributed by atoms with E-state index in [1.165, 1.54) is 47.3 Å². The van der Waals surface area contributed by atoms with E-state index < -0.39 is 0 Å². The van der Waals surface area contributed by atoms with Crippen LogP contribution in [0, 0.1) is 16.4 Å². The highest BCUT2D eigenvalue weighted by atomic mass is 127. The lowest BCUT2D eigenvalue weighted by atomic mass is 9.90. The van der Waals surface area contributed by atoms with Gasteiger partial charge in [0, 0.05) is 15.3 Å². The topological polar surface area (TPSA) is 15.3 Å². The van der Waals surface area contributed by atoms with Crippen molar-refractivity contribution in [1.82, 2.24) is 4.90 Å². The van der Waals surface area contributed by atoms with Crippen molar-refractivity contribution in [3.05, 3.63) is 27.3 Å². The van der Waals surface area contributed by atoms with Crippen molar-refractivity contribution in [3.8, 4) is 0 Å². The second kappa shape index (κ2) is 6.93. The molecule has 0 aliphatic carbocycles. The molecule has 0 radical (unpaired) electrons. The molecule has 1 fully saturated rings. The summed E-state index contributed by atoms with van der Waals surface area (Å²) < 4.78 is 1.34. The van der Waals surface area contributed by atoms with E-state index in [1.807, 2.05) is 0 Å². The maximum Gasteiger partial charge on any atom is 0.0353 e. The standard InChI is InChI=1S/C16H25IN2/c1-4-19-9-7-14(8-10-19)13(3)18-15-6-5-12(2)16(17)11-15/h5-6,11,13-14,18H,4,7-10H2,1-3H3. The third-order valence-electron chi connectivity index (χ3n) is 4.35. The van der Waals surface area contributed by atoms with Crippen molar-refractivity contribution in [2.75, 3.05) is 25.0 Å². The second-order valence-electron chi connectivity index (χ2n) is 5.67. The van der Waals surface area contributed by atoms with Crippen LogP contribution in [0.4, 0.5) is 5.69 Å². The number of rotatable bonds is 4. The first-order chi connectivity index (χ1) is 9.10. The van der Waals surface area contributed by atoms with Crippen molar-refractivity contribution >= 4 is 28.3 Å². The van der Waals surface area contributed by atoms with Crippen LogP contribution < -0.4 is 5.32 Å². The number of nitrogens with one attached hydrogen (secondary N) is 1. The first kappa shape index (κ1) is 15.1. The Kier molecular flexibility index (Phi) is 5.51. The fourth-order valence-electron chi connectivity index (χ4n) is 2.83. The number of hydrogen-bond donors (Lipinski definition) is 1. The number of piperidine rings is 1. The average molecular weight is 372 g/mol. The molecule has 19 heavy (non-hydrogen) atoms. The summed E-state index contributed by atoms with van der Waals surface area (Å²) in [6, 6.07) is 7.23. The van der Waals surface area contributed by atoms with Crippen LogP contribution in [-0.2, 0) is 0 Å². The van der Waals surface area contributed by atoms with Crippen LogP contribution in [0.3, 0.4) is 0 Å².